The lowest BCUT2D eigenvalue weighted by atomic mass is 9.71. The summed E-state index contributed by atoms with van der Waals surface area (Å²) in [5, 5.41) is 0. The maximum Gasteiger partial charge on any atom is -0.0349 e. The minimum Gasteiger partial charge on any atom is -0.0651 e. The second-order valence-corrected chi connectivity index (χ2v) is 6.20. The predicted octanol–water partition coefficient (Wildman–Crippen LogP) is 4.10. The van der Waals surface area contributed by atoms with E-state index >= 15 is 0 Å². The fourth-order valence-electron chi connectivity index (χ4n) is 5.08. The van der Waals surface area contributed by atoms with E-state index in [-0.39, 0.29) is 0 Å². The second-order valence-electron chi connectivity index (χ2n) is 6.20. The smallest absolute Gasteiger partial charge is 0.0349 e. The minimum atomic E-state index is 1.01. The molecule has 0 heteroatoms. The zero-order chi connectivity index (χ0) is 9.71. The van der Waals surface area contributed by atoms with Gasteiger partial charge in [-0.2, -0.15) is 0 Å². The SMILES string of the molecule is CC[C@H](C)C1CC2CC1C1CCCC21. The van der Waals surface area contributed by atoms with Gasteiger partial charge in [-0.15, -0.1) is 0 Å². The highest BCUT2D eigenvalue weighted by Crippen LogP contribution is 2.62. The van der Waals surface area contributed by atoms with Gasteiger partial charge in [-0.1, -0.05) is 26.7 Å². The number of hydrogen-bond donors (Lipinski definition) is 0. The van der Waals surface area contributed by atoms with E-state index in [1.807, 2.05) is 0 Å². The van der Waals surface area contributed by atoms with Crippen LogP contribution in [0.4, 0.5) is 0 Å². The summed E-state index contributed by atoms with van der Waals surface area (Å²) in [6.45, 7) is 4.87. The highest BCUT2D eigenvalue weighted by Gasteiger charge is 2.54. The Balaban J connectivity index is 1.77. The fraction of sp³-hybridized carbons (Fsp3) is 1.00. The summed E-state index contributed by atoms with van der Waals surface area (Å²) in [5.74, 6) is 6.79. The Morgan fingerprint density at radius 2 is 1.86 bits per heavy atom. The van der Waals surface area contributed by atoms with Crippen molar-refractivity contribution in [2.45, 2.75) is 52.4 Å². The van der Waals surface area contributed by atoms with Gasteiger partial charge in [0.25, 0.3) is 0 Å². The Labute approximate surface area is 88.5 Å². The molecule has 3 aliphatic carbocycles. The van der Waals surface area contributed by atoms with Gasteiger partial charge in [-0.05, 0) is 61.2 Å². The first-order valence-electron chi connectivity index (χ1n) is 6.81. The van der Waals surface area contributed by atoms with Gasteiger partial charge >= 0.3 is 0 Å². The van der Waals surface area contributed by atoms with E-state index in [9.17, 15) is 0 Å². The van der Waals surface area contributed by atoms with E-state index < -0.39 is 0 Å². The largest absolute Gasteiger partial charge is 0.0651 e. The first-order valence-corrected chi connectivity index (χ1v) is 6.81. The van der Waals surface area contributed by atoms with Crippen molar-refractivity contribution in [1.29, 1.82) is 0 Å². The summed E-state index contributed by atoms with van der Waals surface area (Å²) in [6, 6.07) is 0. The van der Waals surface area contributed by atoms with Crippen LogP contribution < -0.4 is 0 Å². The molecule has 0 aromatic carbocycles. The molecule has 3 aliphatic rings. The molecular weight excluding hydrogens is 168 g/mol. The normalized spacial score (nSPS) is 52.3. The minimum absolute atomic E-state index is 1.01. The number of rotatable bonds is 2. The van der Waals surface area contributed by atoms with Gasteiger partial charge in [-0.3, -0.25) is 0 Å². The van der Waals surface area contributed by atoms with E-state index in [4.69, 9.17) is 0 Å². The summed E-state index contributed by atoms with van der Waals surface area (Å²) >= 11 is 0. The molecule has 3 saturated carbocycles. The average Bonchev–Trinajstić information content (AvgIpc) is 2.86. The van der Waals surface area contributed by atoms with Crippen molar-refractivity contribution in [1.82, 2.24) is 0 Å². The van der Waals surface area contributed by atoms with Gasteiger partial charge in [0, 0.05) is 0 Å². The predicted molar refractivity (Wildman–Crippen MR) is 60.0 cm³/mol. The van der Waals surface area contributed by atoms with Gasteiger partial charge in [0.15, 0.2) is 0 Å². The van der Waals surface area contributed by atoms with Crippen molar-refractivity contribution in [2.24, 2.45) is 35.5 Å². The third kappa shape index (κ3) is 1.12. The lowest BCUT2D eigenvalue weighted by Gasteiger charge is -2.34. The Kier molecular flexibility index (Phi) is 2.15. The molecule has 6 atom stereocenters. The van der Waals surface area contributed by atoms with E-state index in [0.29, 0.717) is 0 Å². The summed E-state index contributed by atoms with van der Waals surface area (Å²) < 4.78 is 0. The summed E-state index contributed by atoms with van der Waals surface area (Å²) in [7, 11) is 0. The van der Waals surface area contributed by atoms with Crippen LogP contribution in [-0.2, 0) is 0 Å². The van der Waals surface area contributed by atoms with E-state index in [1.165, 1.54) is 18.3 Å². The van der Waals surface area contributed by atoms with Crippen LogP contribution in [0.2, 0.25) is 0 Å². The van der Waals surface area contributed by atoms with Gasteiger partial charge < -0.3 is 0 Å². The molecular formula is C14H24. The van der Waals surface area contributed by atoms with Crippen molar-refractivity contribution >= 4 is 0 Å². The van der Waals surface area contributed by atoms with E-state index in [2.05, 4.69) is 13.8 Å². The fourth-order valence-corrected chi connectivity index (χ4v) is 5.08. The highest BCUT2D eigenvalue weighted by atomic mass is 14.6. The molecule has 3 fully saturated rings. The zero-order valence-corrected chi connectivity index (χ0v) is 9.71. The standard InChI is InChI=1S/C14H24/c1-3-9(2)13-7-10-8-14(13)12-6-4-5-11(10)12/h9-14H,3-8H2,1-2H3/t9-,10?,11?,12?,13?,14?/m0/s1. The Hall–Kier alpha value is 0. The molecule has 0 radical (unpaired) electrons. The summed E-state index contributed by atoms with van der Waals surface area (Å²) in [6.07, 6.45) is 9.34. The van der Waals surface area contributed by atoms with Crippen LogP contribution in [0.25, 0.3) is 0 Å². The van der Waals surface area contributed by atoms with Crippen LogP contribution in [-0.4, -0.2) is 0 Å². The molecule has 0 amide bonds. The maximum absolute atomic E-state index is 2.50. The number of hydrogen-bond acceptors (Lipinski definition) is 0. The average molecular weight is 192 g/mol. The quantitative estimate of drug-likeness (QED) is 0.618. The van der Waals surface area contributed by atoms with Gasteiger partial charge in [0.05, 0.1) is 0 Å². The number of fused-ring (bicyclic) bond motifs is 5. The van der Waals surface area contributed by atoms with Crippen molar-refractivity contribution in [3.63, 3.8) is 0 Å². The zero-order valence-electron chi connectivity index (χ0n) is 9.71. The Morgan fingerprint density at radius 1 is 1.07 bits per heavy atom. The summed E-state index contributed by atoms with van der Waals surface area (Å²) in [5.41, 5.74) is 0. The van der Waals surface area contributed by atoms with Crippen molar-refractivity contribution in [3.05, 3.63) is 0 Å². The van der Waals surface area contributed by atoms with Crippen LogP contribution in [0.5, 0.6) is 0 Å². The Bertz CT molecular complexity index is 220. The molecule has 3 rings (SSSR count). The monoisotopic (exact) mass is 192 g/mol. The van der Waals surface area contributed by atoms with Crippen molar-refractivity contribution in [2.75, 3.05) is 0 Å². The van der Waals surface area contributed by atoms with Crippen LogP contribution in [0.15, 0.2) is 0 Å². The topological polar surface area (TPSA) is 0 Å². The molecule has 0 aliphatic heterocycles. The molecule has 2 bridgehead atoms. The molecule has 0 aromatic heterocycles. The first-order chi connectivity index (χ1) is 6.81. The lowest BCUT2D eigenvalue weighted by molar-refractivity contribution is 0.142. The van der Waals surface area contributed by atoms with E-state index in [1.54, 1.807) is 32.1 Å². The molecule has 0 aromatic rings. The molecule has 0 N–H and O–H groups in total. The maximum atomic E-state index is 2.50. The van der Waals surface area contributed by atoms with Gasteiger partial charge in [0.1, 0.15) is 0 Å². The molecule has 5 unspecified atom stereocenters. The van der Waals surface area contributed by atoms with Gasteiger partial charge in [-0.25, -0.2) is 0 Å². The van der Waals surface area contributed by atoms with Crippen LogP contribution in [0, 0.1) is 35.5 Å². The molecule has 0 nitrogen and oxygen atoms in total. The van der Waals surface area contributed by atoms with E-state index in [0.717, 1.165) is 23.7 Å². The highest BCUT2D eigenvalue weighted by molar-refractivity contribution is 5.03. The second kappa shape index (κ2) is 3.25. The third-order valence-corrected chi connectivity index (χ3v) is 5.85. The van der Waals surface area contributed by atoms with Gasteiger partial charge in [0.2, 0.25) is 0 Å². The van der Waals surface area contributed by atoms with Crippen LogP contribution in [0.3, 0.4) is 0 Å². The lowest BCUT2D eigenvalue weighted by Crippen LogP contribution is -2.28. The van der Waals surface area contributed by atoms with Crippen LogP contribution >= 0.6 is 0 Å². The van der Waals surface area contributed by atoms with Crippen LogP contribution in [0.1, 0.15) is 52.4 Å². The molecule has 0 saturated heterocycles. The Morgan fingerprint density at radius 3 is 2.64 bits per heavy atom. The molecule has 14 heavy (non-hydrogen) atoms. The summed E-state index contributed by atoms with van der Waals surface area (Å²) in [4.78, 5) is 0. The van der Waals surface area contributed by atoms with Crippen molar-refractivity contribution < 1.29 is 0 Å². The first kappa shape index (κ1) is 9.24. The third-order valence-electron chi connectivity index (χ3n) is 5.85. The van der Waals surface area contributed by atoms with Crippen molar-refractivity contribution in [3.8, 4) is 0 Å². The molecule has 0 spiro atoms. The molecule has 0 heterocycles. The molecule has 80 valence electrons.